The molecule has 0 amide bonds. The second kappa shape index (κ2) is 5.08. The van der Waals surface area contributed by atoms with Gasteiger partial charge in [-0.3, -0.25) is 0 Å². The van der Waals surface area contributed by atoms with Gasteiger partial charge in [-0.25, -0.2) is 0 Å². The van der Waals surface area contributed by atoms with Crippen LogP contribution in [-0.4, -0.2) is 19.6 Å². The number of ether oxygens (including phenoxy) is 1. The number of rotatable bonds is 5. The second-order valence-electron chi connectivity index (χ2n) is 3.94. The first kappa shape index (κ1) is 10.3. The fraction of sp³-hybridized carbons (Fsp3) is 1.00. The van der Waals surface area contributed by atoms with Crippen molar-refractivity contribution in [2.45, 2.75) is 38.5 Å². The van der Waals surface area contributed by atoms with E-state index in [0.717, 1.165) is 12.5 Å². The number of hydrogen-bond donors (Lipinski definition) is 0. The zero-order chi connectivity index (χ0) is 8.86. The Labute approximate surface area is 80.4 Å². The molecule has 0 N–H and O–H groups in total. The summed E-state index contributed by atoms with van der Waals surface area (Å²) in [5.41, 5.74) is 0.472. The summed E-state index contributed by atoms with van der Waals surface area (Å²) in [5.74, 6) is 0.844. The third kappa shape index (κ3) is 2.63. The van der Waals surface area contributed by atoms with Crippen LogP contribution < -0.4 is 0 Å². The van der Waals surface area contributed by atoms with Crippen LogP contribution in [0, 0.1) is 5.41 Å². The number of methoxy groups -OCH3 is 1. The van der Waals surface area contributed by atoms with Crippen molar-refractivity contribution in [2.75, 3.05) is 19.6 Å². The second-order valence-corrected chi connectivity index (χ2v) is 4.20. The van der Waals surface area contributed by atoms with Crippen LogP contribution >= 0.6 is 11.6 Å². The Balaban J connectivity index is 2.24. The SMILES string of the molecule is COCCCC1(CCl)CCCC1. The highest BCUT2D eigenvalue weighted by molar-refractivity contribution is 6.18. The number of alkyl halides is 1. The minimum Gasteiger partial charge on any atom is -0.385 e. The monoisotopic (exact) mass is 190 g/mol. The van der Waals surface area contributed by atoms with Gasteiger partial charge in [0.15, 0.2) is 0 Å². The Morgan fingerprint density at radius 1 is 1.33 bits per heavy atom. The lowest BCUT2D eigenvalue weighted by Gasteiger charge is -2.25. The first-order valence-electron chi connectivity index (χ1n) is 4.88. The molecule has 0 radical (unpaired) electrons. The predicted molar refractivity (Wildman–Crippen MR) is 52.7 cm³/mol. The third-order valence-electron chi connectivity index (χ3n) is 3.00. The molecule has 1 nitrogen and oxygen atoms in total. The molecule has 0 atom stereocenters. The van der Waals surface area contributed by atoms with Crippen LogP contribution in [0.1, 0.15) is 38.5 Å². The van der Waals surface area contributed by atoms with Crippen LogP contribution in [0.2, 0.25) is 0 Å². The van der Waals surface area contributed by atoms with Gasteiger partial charge in [0.1, 0.15) is 0 Å². The van der Waals surface area contributed by atoms with Crippen molar-refractivity contribution in [3.05, 3.63) is 0 Å². The lowest BCUT2D eigenvalue weighted by Crippen LogP contribution is -2.18. The normalized spacial score (nSPS) is 21.5. The molecule has 0 saturated heterocycles. The van der Waals surface area contributed by atoms with Gasteiger partial charge in [-0.05, 0) is 31.1 Å². The van der Waals surface area contributed by atoms with Gasteiger partial charge in [0, 0.05) is 19.6 Å². The molecule has 0 heterocycles. The molecular formula is C10H19ClO. The van der Waals surface area contributed by atoms with E-state index in [0.29, 0.717) is 5.41 Å². The van der Waals surface area contributed by atoms with Crippen LogP contribution in [0.3, 0.4) is 0 Å². The third-order valence-corrected chi connectivity index (χ3v) is 3.57. The molecular weight excluding hydrogens is 172 g/mol. The van der Waals surface area contributed by atoms with E-state index in [9.17, 15) is 0 Å². The molecule has 1 aliphatic rings. The van der Waals surface area contributed by atoms with Gasteiger partial charge in [0.05, 0.1) is 0 Å². The summed E-state index contributed by atoms with van der Waals surface area (Å²) >= 11 is 6.00. The smallest absolute Gasteiger partial charge is 0.0462 e. The Morgan fingerprint density at radius 3 is 2.50 bits per heavy atom. The van der Waals surface area contributed by atoms with Crippen LogP contribution in [0.4, 0.5) is 0 Å². The molecule has 0 unspecified atom stereocenters. The highest BCUT2D eigenvalue weighted by Gasteiger charge is 2.31. The standard InChI is InChI=1S/C10H19ClO/c1-12-8-4-7-10(9-11)5-2-3-6-10/h2-9H2,1H3. The van der Waals surface area contributed by atoms with Crippen molar-refractivity contribution < 1.29 is 4.74 Å². The first-order chi connectivity index (χ1) is 5.83. The summed E-state index contributed by atoms with van der Waals surface area (Å²) in [4.78, 5) is 0. The van der Waals surface area contributed by atoms with E-state index in [1.807, 2.05) is 0 Å². The Kier molecular flexibility index (Phi) is 4.38. The van der Waals surface area contributed by atoms with Crippen LogP contribution in [0.15, 0.2) is 0 Å². The molecule has 1 aliphatic carbocycles. The minimum absolute atomic E-state index is 0.472. The molecule has 2 heteroatoms. The van der Waals surface area contributed by atoms with Crippen LogP contribution in [0.25, 0.3) is 0 Å². The van der Waals surface area contributed by atoms with Gasteiger partial charge in [-0.15, -0.1) is 11.6 Å². The van der Waals surface area contributed by atoms with E-state index in [2.05, 4.69) is 0 Å². The van der Waals surface area contributed by atoms with Gasteiger partial charge in [-0.2, -0.15) is 0 Å². The van der Waals surface area contributed by atoms with Crippen molar-refractivity contribution in [1.29, 1.82) is 0 Å². The average molecular weight is 191 g/mol. The molecule has 1 rings (SSSR count). The maximum absolute atomic E-state index is 6.00. The number of hydrogen-bond acceptors (Lipinski definition) is 1. The van der Waals surface area contributed by atoms with Crippen molar-refractivity contribution in [1.82, 2.24) is 0 Å². The summed E-state index contributed by atoms with van der Waals surface area (Å²) in [7, 11) is 1.77. The van der Waals surface area contributed by atoms with Crippen molar-refractivity contribution >= 4 is 11.6 Å². The van der Waals surface area contributed by atoms with Gasteiger partial charge in [0.25, 0.3) is 0 Å². The van der Waals surface area contributed by atoms with Crippen LogP contribution in [-0.2, 0) is 4.74 Å². The Hall–Kier alpha value is 0.250. The highest BCUT2D eigenvalue weighted by Crippen LogP contribution is 2.42. The fourth-order valence-electron chi connectivity index (χ4n) is 2.17. The summed E-state index contributed by atoms with van der Waals surface area (Å²) in [6.07, 6.45) is 7.84. The molecule has 1 fully saturated rings. The van der Waals surface area contributed by atoms with Gasteiger partial charge in [0.2, 0.25) is 0 Å². The molecule has 0 aromatic rings. The molecule has 12 heavy (non-hydrogen) atoms. The molecule has 0 bridgehead atoms. The highest BCUT2D eigenvalue weighted by atomic mass is 35.5. The summed E-state index contributed by atoms with van der Waals surface area (Å²) in [6, 6.07) is 0. The van der Waals surface area contributed by atoms with E-state index < -0.39 is 0 Å². The summed E-state index contributed by atoms with van der Waals surface area (Å²) < 4.78 is 5.05. The van der Waals surface area contributed by atoms with Gasteiger partial charge < -0.3 is 4.74 Å². The molecule has 0 aromatic carbocycles. The topological polar surface area (TPSA) is 9.23 Å². The molecule has 0 spiro atoms. The molecule has 0 aromatic heterocycles. The maximum Gasteiger partial charge on any atom is 0.0462 e. The van der Waals surface area contributed by atoms with E-state index in [1.165, 1.54) is 38.5 Å². The lowest BCUT2D eigenvalue weighted by atomic mass is 9.84. The first-order valence-corrected chi connectivity index (χ1v) is 5.41. The van der Waals surface area contributed by atoms with Crippen molar-refractivity contribution in [3.63, 3.8) is 0 Å². The average Bonchev–Trinajstić information content (AvgIpc) is 2.55. The Morgan fingerprint density at radius 2 is 2.00 bits per heavy atom. The predicted octanol–water partition coefficient (Wildman–Crippen LogP) is 3.21. The van der Waals surface area contributed by atoms with Crippen molar-refractivity contribution in [2.24, 2.45) is 5.41 Å². The fourth-order valence-corrected chi connectivity index (χ4v) is 2.57. The maximum atomic E-state index is 6.00. The minimum atomic E-state index is 0.472. The number of halogens is 1. The zero-order valence-corrected chi connectivity index (χ0v) is 8.70. The van der Waals surface area contributed by atoms with E-state index >= 15 is 0 Å². The quantitative estimate of drug-likeness (QED) is 0.478. The summed E-state index contributed by atoms with van der Waals surface area (Å²) in [6.45, 7) is 0.888. The summed E-state index contributed by atoms with van der Waals surface area (Å²) in [5, 5.41) is 0. The molecule has 72 valence electrons. The largest absolute Gasteiger partial charge is 0.385 e. The Bertz CT molecular complexity index is 119. The van der Waals surface area contributed by atoms with Crippen LogP contribution in [0.5, 0.6) is 0 Å². The van der Waals surface area contributed by atoms with E-state index in [1.54, 1.807) is 7.11 Å². The van der Waals surface area contributed by atoms with E-state index in [-0.39, 0.29) is 0 Å². The zero-order valence-electron chi connectivity index (χ0n) is 7.94. The molecule has 1 saturated carbocycles. The van der Waals surface area contributed by atoms with Gasteiger partial charge in [-0.1, -0.05) is 12.8 Å². The lowest BCUT2D eigenvalue weighted by molar-refractivity contribution is 0.173. The van der Waals surface area contributed by atoms with Gasteiger partial charge >= 0.3 is 0 Å². The van der Waals surface area contributed by atoms with E-state index in [4.69, 9.17) is 16.3 Å². The van der Waals surface area contributed by atoms with Crippen molar-refractivity contribution in [3.8, 4) is 0 Å². The molecule has 0 aliphatic heterocycles.